The van der Waals surface area contributed by atoms with Gasteiger partial charge >= 0.3 is 0 Å². The van der Waals surface area contributed by atoms with E-state index < -0.39 is 5.41 Å². The third-order valence-electron chi connectivity index (χ3n) is 3.73. The minimum atomic E-state index is -0.878. The van der Waals surface area contributed by atoms with Gasteiger partial charge in [-0.05, 0) is 29.8 Å². The van der Waals surface area contributed by atoms with E-state index in [4.69, 9.17) is 9.47 Å². The first-order valence-electron chi connectivity index (χ1n) is 6.74. The van der Waals surface area contributed by atoms with Gasteiger partial charge in [0.15, 0.2) is 5.78 Å². The van der Waals surface area contributed by atoms with Crippen molar-refractivity contribution in [3.8, 4) is 0 Å². The average Bonchev–Trinajstić information content (AvgIpc) is 2.56. The van der Waals surface area contributed by atoms with E-state index >= 15 is 0 Å². The van der Waals surface area contributed by atoms with Crippen LogP contribution in [0.15, 0.2) is 54.6 Å². The summed E-state index contributed by atoms with van der Waals surface area (Å²) in [6.07, 6.45) is 0. The molecule has 3 rings (SSSR count). The van der Waals surface area contributed by atoms with Gasteiger partial charge in [0.25, 0.3) is 0 Å². The highest BCUT2D eigenvalue weighted by molar-refractivity contribution is 6.04. The van der Waals surface area contributed by atoms with Crippen LogP contribution in [0, 0.1) is 5.82 Å². The highest BCUT2D eigenvalue weighted by atomic mass is 19.1. The summed E-state index contributed by atoms with van der Waals surface area (Å²) in [6, 6.07) is 15.0. The maximum Gasteiger partial charge on any atom is 0.178 e. The third-order valence-corrected chi connectivity index (χ3v) is 3.73. The molecule has 0 N–H and O–H groups in total. The van der Waals surface area contributed by atoms with Crippen molar-refractivity contribution in [3.63, 3.8) is 0 Å². The zero-order chi connectivity index (χ0) is 14.7. The van der Waals surface area contributed by atoms with Gasteiger partial charge in [0.05, 0.1) is 13.2 Å². The summed E-state index contributed by atoms with van der Waals surface area (Å²) in [5.41, 5.74) is 0.422. The quantitative estimate of drug-likeness (QED) is 0.814. The second-order valence-corrected chi connectivity index (χ2v) is 5.10. The zero-order valence-corrected chi connectivity index (χ0v) is 11.4. The summed E-state index contributed by atoms with van der Waals surface area (Å²) in [5.74, 6) is -0.482. The van der Waals surface area contributed by atoms with Crippen LogP contribution in [0.2, 0.25) is 0 Å². The molecular formula is C17H15FO3. The standard InChI is InChI=1S/C17H15FO3/c18-15-8-6-13(7-9-15)16(19)17(10-20-12-21-11-17)14-4-2-1-3-5-14/h1-9H,10-12H2. The topological polar surface area (TPSA) is 35.5 Å². The average molecular weight is 286 g/mol. The fraction of sp³-hybridized carbons (Fsp3) is 0.235. The number of ketones is 1. The number of Topliss-reactive ketones (excluding diaryl/α,β-unsaturated/α-hetero) is 1. The maximum absolute atomic E-state index is 13.1. The lowest BCUT2D eigenvalue weighted by molar-refractivity contribution is -0.127. The second kappa shape index (κ2) is 5.76. The molecule has 4 heteroatoms. The van der Waals surface area contributed by atoms with Gasteiger partial charge in [0, 0.05) is 5.56 Å². The van der Waals surface area contributed by atoms with Crippen LogP contribution in [0.3, 0.4) is 0 Å². The number of hydrogen-bond donors (Lipinski definition) is 0. The van der Waals surface area contributed by atoms with E-state index in [9.17, 15) is 9.18 Å². The normalized spacial score (nSPS) is 17.4. The highest BCUT2D eigenvalue weighted by Crippen LogP contribution is 2.32. The smallest absolute Gasteiger partial charge is 0.178 e. The summed E-state index contributed by atoms with van der Waals surface area (Å²) >= 11 is 0. The van der Waals surface area contributed by atoms with Crippen molar-refractivity contribution in [3.05, 3.63) is 71.5 Å². The van der Waals surface area contributed by atoms with E-state index in [1.807, 2.05) is 30.3 Å². The van der Waals surface area contributed by atoms with Gasteiger partial charge in [0.1, 0.15) is 18.0 Å². The van der Waals surface area contributed by atoms with E-state index in [-0.39, 0.29) is 31.6 Å². The lowest BCUT2D eigenvalue weighted by Gasteiger charge is -2.35. The summed E-state index contributed by atoms with van der Waals surface area (Å²) in [5, 5.41) is 0. The van der Waals surface area contributed by atoms with Crippen molar-refractivity contribution < 1.29 is 18.7 Å². The Hall–Kier alpha value is -2.04. The number of carbonyl (C=O) groups excluding carboxylic acids is 1. The molecule has 0 atom stereocenters. The first kappa shape index (κ1) is 13.9. The number of halogens is 1. The second-order valence-electron chi connectivity index (χ2n) is 5.10. The van der Waals surface area contributed by atoms with E-state index in [0.717, 1.165) is 5.56 Å². The fourth-order valence-corrected chi connectivity index (χ4v) is 2.60. The van der Waals surface area contributed by atoms with Gasteiger partial charge in [-0.25, -0.2) is 4.39 Å². The molecule has 0 amide bonds. The van der Waals surface area contributed by atoms with Crippen LogP contribution in [0.1, 0.15) is 15.9 Å². The van der Waals surface area contributed by atoms with Crippen LogP contribution in [-0.4, -0.2) is 25.8 Å². The summed E-state index contributed by atoms with van der Waals surface area (Å²) in [4.78, 5) is 13.0. The number of rotatable bonds is 3. The molecule has 3 nitrogen and oxygen atoms in total. The Morgan fingerprint density at radius 3 is 2.19 bits per heavy atom. The van der Waals surface area contributed by atoms with Gasteiger partial charge in [-0.3, -0.25) is 4.79 Å². The molecule has 2 aromatic carbocycles. The van der Waals surface area contributed by atoms with Gasteiger partial charge in [0.2, 0.25) is 0 Å². The number of hydrogen-bond acceptors (Lipinski definition) is 3. The minimum Gasteiger partial charge on any atom is -0.354 e. The van der Waals surface area contributed by atoms with E-state index in [0.29, 0.717) is 5.56 Å². The highest BCUT2D eigenvalue weighted by Gasteiger charge is 2.43. The molecule has 0 bridgehead atoms. The Labute approximate surface area is 122 Å². The van der Waals surface area contributed by atoms with Gasteiger partial charge in [-0.2, -0.15) is 0 Å². The number of carbonyl (C=O) groups is 1. The Bertz CT molecular complexity index is 616. The lowest BCUT2D eigenvalue weighted by atomic mass is 9.75. The number of benzene rings is 2. The zero-order valence-electron chi connectivity index (χ0n) is 11.4. The van der Waals surface area contributed by atoms with Crippen molar-refractivity contribution in [2.45, 2.75) is 5.41 Å². The lowest BCUT2D eigenvalue weighted by Crippen LogP contribution is -2.48. The van der Waals surface area contributed by atoms with Crippen LogP contribution < -0.4 is 0 Å². The molecule has 0 aromatic heterocycles. The molecule has 0 unspecified atom stereocenters. The molecule has 1 saturated heterocycles. The van der Waals surface area contributed by atoms with E-state index in [1.54, 1.807) is 0 Å². The predicted molar refractivity (Wildman–Crippen MR) is 75.6 cm³/mol. The van der Waals surface area contributed by atoms with Crippen LogP contribution in [0.25, 0.3) is 0 Å². The van der Waals surface area contributed by atoms with Crippen molar-refractivity contribution in [1.82, 2.24) is 0 Å². The summed E-state index contributed by atoms with van der Waals surface area (Å²) in [7, 11) is 0. The molecular weight excluding hydrogens is 271 g/mol. The Morgan fingerprint density at radius 1 is 0.952 bits per heavy atom. The van der Waals surface area contributed by atoms with Crippen molar-refractivity contribution in [2.24, 2.45) is 0 Å². The fourth-order valence-electron chi connectivity index (χ4n) is 2.60. The molecule has 1 fully saturated rings. The van der Waals surface area contributed by atoms with Crippen LogP contribution >= 0.6 is 0 Å². The Morgan fingerprint density at radius 2 is 1.57 bits per heavy atom. The monoisotopic (exact) mass is 286 g/mol. The Balaban J connectivity index is 2.03. The van der Waals surface area contributed by atoms with Crippen molar-refractivity contribution in [1.29, 1.82) is 0 Å². The van der Waals surface area contributed by atoms with E-state index in [2.05, 4.69) is 0 Å². The molecule has 0 radical (unpaired) electrons. The van der Waals surface area contributed by atoms with Gasteiger partial charge in [-0.15, -0.1) is 0 Å². The van der Waals surface area contributed by atoms with Crippen molar-refractivity contribution >= 4 is 5.78 Å². The summed E-state index contributed by atoms with van der Waals surface area (Å²) < 4.78 is 23.8. The minimum absolute atomic E-state index is 0.117. The molecule has 0 spiro atoms. The van der Waals surface area contributed by atoms with Crippen LogP contribution in [0.4, 0.5) is 4.39 Å². The maximum atomic E-state index is 13.1. The number of ether oxygens (including phenoxy) is 2. The van der Waals surface area contributed by atoms with Gasteiger partial charge in [-0.1, -0.05) is 30.3 Å². The van der Waals surface area contributed by atoms with Crippen molar-refractivity contribution in [2.75, 3.05) is 20.0 Å². The first-order chi connectivity index (χ1) is 10.2. The largest absolute Gasteiger partial charge is 0.354 e. The molecule has 1 aliphatic rings. The molecule has 1 heterocycles. The molecule has 108 valence electrons. The third kappa shape index (κ3) is 2.60. The first-order valence-corrected chi connectivity index (χ1v) is 6.74. The Kier molecular flexibility index (Phi) is 3.82. The van der Waals surface area contributed by atoms with Gasteiger partial charge < -0.3 is 9.47 Å². The molecule has 0 saturated carbocycles. The SMILES string of the molecule is O=C(c1ccc(F)cc1)C1(c2ccccc2)COCOC1. The van der Waals surface area contributed by atoms with E-state index in [1.165, 1.54) is 24.3 Å². The van der Waals surface area contributed by atoms with Crippen LogP contribution in [0.5, 0.6) is 0 Å². The molecule has 0 aliphatic carbocycles. The van der Waals surface area contributed by atoms with Crippen LogP contribution in [-0.2, 0) is 14.9 Å². The molecule has 1 aliphatic heterocycles. The summed E-state index contributed by atoms with van der Waals surface area (Å²) in [6.45, 7) is 0.700. The molecule has 21 heavy (non-hydrogen) atoms. The predicted octanol–water partition coefficient (Wildman–Crippen LogP) is 2.95. The molecule has 2 aromatic rings.